The van der Waals surface area contributed by atoms with Crippen LogP contribution in [0.15, 0.2) is 0 Å². The minimum Gasteiger partial charge on any atom is -0.316 e. The summed E-state index contributed by atoms with van der Waals surface area (Å²) < 4.78 is 0. The first kappa shape index (κ1) is 10.2. The van der Waals surface area contributed by atoms with Crippen molar-refractivity contribution in [3.8, 4) is 0 Å². The summed E-state index contributed by atoms with van der Waals surface area (Å²) >= 11 is 0. The summed E-state index contributed by atoms with van der Waals surface area (Å²) in [5.74, 6) is 2.32. The summed E-state index contributed by atoms with van der Waals surface area (Å²) in [6.45, 7) is 4.54. The van der Waals surface area contributed by atoms with Gasteiger partial charge in [-0.3, -0.25) is 4.79 Å². The molecule has 2 nitrogen and oxygen atoms in total. The number of rotatable bonds is 4. The molecule has 2 fully saturated rings. The molecule has 80 valence electrons. The van der Waals surface area contributed by atoms with Crippen LogP contribution in [0.25, 0.3) is 0 Å². The molecule has 2 heteroatoms. The molecule has 2 unspecified atom stereocenters. The number of carbonyl (C=O) groups is 1. The van der Waals surface area contributed by atoms with Gasteiger partial charge in [-0.25, -0.2) is 0 Å². The Balaban J connectivity index is 1.75. The normalized spacial score (nSPS) is 29.9. The summed E-state index contributed by atoms with van der Waals surface area (Å²) in [7, 11) is 0. The van der Waals surface area contributed by atoms with Gasteiger partial charge in [-0.05, 0) is 50.6 Å². The zero-order chi connectivity index (χ0) is 9.97. The molecule has 1 N–H and O–H groups in total. The minimum absolute atomic E-state index is 0.453. The molecular formula is C12H21NO. The molecule has 1 saturated carbocycles. The van der Waals surface area contributed by atoms with E-state index < -0.39 is 0 Å². The van der Waals surface area contributed by atoms with E-state index in [2.05, 4.69) is 12.2 Å². The first-order valence-corrected chi connectivity index (χ1v) is 6.01. The van der Waals surface area contributed by atoms with Crippen LogP contribution in [0.4, 0.5) is 0 Å². The van der Waals surface area contributed by atoms with Gasteiger partial charge in [0.05, 0.1) is 0 Å². The lowest BCUT2D eigenvalue weighted by Crippen LogP contribution is -2.34. The quantitative estimate of drug-likeness (QED) is 0.743. The second-order valence-electron chi connectivity index (χ2n) is 5.03. The molecule has 0 bridgehead atoms. The highest BCUT2D eigenvalue weighted by Gasteiger charge is 2.31. The van der Waals surface area contributed by atoms with Gasteiger partial charge in [0.1, 0.15) is 5.78 Å². The SMILES string of the molecule is CC(CC(=O)C1CC1)C1CCCNC1. The van der Waals surface area contributed by atoms with Gasteiger partial charge in [0.15, 0.2) is 0 Å². The Morgan fingerprint density at radius 2 is 2.21 bits per heavy atom. The molecule has 2 rings (SSSR count). The van der Waals surface area contributed by atoms with E-state index in [0.29, 0.717) is 17.6 Å². The third-order valence-electron chi connectivity index (χ3n) is 3.70. The van der Waals surface area contributed by atoms with E-state index in [1.807, 2.05) is 0 Å². The maximum absolute atomic E-state index is 11.6. The molecule has 0 aromatic heterocycles. The number of carbonyl (C=O) groups excluding carboxylic acids is 1. The second kappa shape index (κ2) is 4.43. The number of Topliss-reactive ketones (excluding diaryl/α,β-unsaturated/α-hetero) is 1. The Kier molecular flexibility index (Phi) is 3.22. The predicted molar refractivity (Wildman–Crippen MR) is 57.1 cm³/mol. The van der Waals surface area contributed by atoms with E-state index in [0.717, 1.165) is 31.7 Å². The van der Waals surface area contributed by atoms with Gasteiger partial charge < -0.3 is 5.32 Å². The average molecular weight is 195 g/mol. The lowest BCUT2D eigenvalue weighted by molar-refractivity contribution is -0.121. The molecule has 0 aromatic rings. The summed E-state index contributed by atoms with van der Waals surface area (Å²) in [6, 6.07) is 0. The third-order valence-corrected chi connectivity index (χ3v) is 3.70. The predicted octanol–water partition coefficient (Wildman–Crippen LogP) is 1.99. The first-order chi connectivity index (χ1) is 6.77. The zero-order valence-electron chi connectivity index (χ0n) is 9.09. The smallest absolute Gasteiger partial charge is 0.136 e. The fourth-order valence-corrected chi connectivity index (χ4v) is 2.42. The van der Waals surface area contributed by atoms with Gasteiger partial charge in [-0.15, -0.1) is 0 Å². The lowest BCUT2D eigenvalue weighted by Gasteiger charge is -2.27. The highest BCUT2D eigenvalue weighted by Crippen LogP contribution is 2.33. The molecule has 0 spiro atoms. The molecular weight excluding hydrogens is 174 g/mol. The van der Waals surface area contributed by atoms with Crippen molar-refractivity contribution in [2.75, 3.05) is 13.1 Å². The van der Waals surface area contributed by atoms with E-state index in [4.69, 9.17) is 0 Å². The molecule has 0 aromatic carbocycles. The molecule has 2 atom stereocenters. The third kappa shape index (κ3) is 2.57. The number of hydrogen-bond acceptors (Lipinski definition) is 2. The van der Waals surface area contributed by atoms with E-state index in [-0.39, 0.29) is 0 Å². The minimum atomic E-state index is 0.453. The van der Waals surface area contributed by atoms with Crippen LogP contribution in [-0.2, 0) is 4.79 Å². The van der Waals surface area contributed by atoms with Crippen LogP contribution in [0.1, 0.15) is 39.0 Å². The van der Waals surface area contributed by atoms with Crippen LogP contribution in [0, 0.1) is 17.8 Å². The van der Waals surface area contributed by atoms with Crippen molar-refractivity contribution < 1.29 is 4.79 Å². The maximum atomic E-state index is 11.6. The van der Waals surface area contributed by atoms with Crippen molar-refractivity contribution in [1.82, 2.24) is 5.32 Å². The molecule has 1 saturated heterocycles. The zero-order valence-corrected chi connectivity index (χ0v) is 9.09. The fraction of sp³-hybridized carbons (Fsp3) is 0.917. The standard InChI is InChI=1S/C12H21NO/c1-9(7-12(14)10-4-5-10)11-3-2-6-13-8-11/h9-11,13H,2-8H2,1H3. The van der Waals surface area contributed by atoms with Gasteiger partial charge >= 0.3 is 0 Å². The van der Waals surface area contributed by atoms with Crippen molar-refractivity contribution in [2.45, 2.75) is 39.0 Å². The number of piperidine rings is 1. The van der Waals surface area contributed by atoms with Crippen molar-refractivity contribution in [3.63, 3.8) is 0 Å². The summed E-state index contributed by atoms with van der Waals surface area (Å²) in [5, 5.41) is 3.42. The van der Waals surface area contributed by atoms with Crippen LogP contribution >= 0.6 is 0 Å². The molecule has 1 aliphatic heterocycles. The number of nitrogens with one attached hydrogen (secondary N) is 1. The Morgan fingerprint density at radius 3 is 2.79 bits per heavy atom. The molecule has 0 amide bonds. The van der Waals surface area contributed by atoms with Gasteiger partial charge in [-0.2, -0.15) is 0 Å². The molecule has 14 heavy (non-hydrogen) atoms. The van der Waals surface area contributed by atoms with Gasteiger partial charge in [-0.1, -0.05) is 6.92 Å². The van der Waals surface area contributed by atoms with Crippen molar-refractivity contribution in [1.29, 1.82) is 0 Å². The van der Waals surface area contributed by atoms with Crippen molar-refractivity contribution in [2.24, 2.45) is 17.8 Å². The summed E-state index contributed by atoms with van der Waals surface area (Å²) in [4.78, 5) is 11.6. The van der Waals surface area contributed by atoms with E-state index in [9.17, 15) is 4.79 Å². The van der Waals surface area contributed by atoms with Crippen molar-refractivity contribution in [3.05, 3.63) is 0 Å². The second-order valence-corrected chi connectivity index (χ2v) is 5.03. The van der Waals surface area contributed by atoms with E-state index >= 15 is 0 Å². The molecule has 1 heterocycles. The summed E-state index contributed by atoms with van der Waals surface area (Å²) in [5.41, 5.74) is 0. The Morgan fingerprint density at radius 1 is 1.43 bits per heavy atom. The summed E-state index contributed by atoms with van der Waals surface area (Å²) in [6.07, 6.45) is 5.75. The fourth-order valence-electron chi connectivity index (χ4n) is 2.42. The van der Waals surface area contributed by atoms with Crippen LogP contribution in [-0.4, -0.2) is 18.9 Å². The van der Waals surface area contributed by atoms with Gasteiger partial charge in [0.2, 0.25) is 0 Å². The van der Waals surface area contributed by atoms with E-state index in [1.165, 1.54) is 19.4 Å². The maximum Gasteiger partial charge on any atom is 0.136 e. The lowest BCUT2D eigenvalue weighted by atomic mass is 9.84. The van der Waals surface area contributed by atoms with Crippen LogP contribution < -0.4 is 5.32 Å². The van der Waals surface area contributed by atoms with E-state index in [1.54, 1.807) is 0 Å². The molecule has 2 aliphatic rings. The van der Waals surface area contributed by atoms with Crippen LogP contribution in [0.2, 0.25) is 0 Å². The van der Waals surface area contributed by atoms with Crippen molar-refractivity contribution >= 4 is 5.78 Å². The monoisotopic (exact) mass is 195 g/mol. The van der Waals surface area contributed by atoms with Crippen LogP contribution in [0.3, 0.4) is 0 Å². The first-order valence-electron chi connectivity index (χ1n) is 6.01. The van der Waals surface area contributed by atoms with Gasteiger partial charge in [0.25, 0.3) is 0 Å². The van der Waals surface area contributed by atoms with Gasteiger partial charge in [0, 0.05) is 12.3 Å². The van der Waals surface area contributed by atoms with Crippen LogP contribution in [0.5, 0.6) is 0 Å². The highest BCUT2D eigenvalue weighted by atomic mass is 16.1. The topological polar surface area (TPSA) is 29.1 Å². The Labute approximate surface area is 86.5 Å². The largest absolute Gasteiger partial charge is 0.316 e. The molecule has 1 aliphatic carbocycles. The Bertz CT molecular complexity index is 204. The molecule has 0 radical (unpaired) electrons. The highest BCUT2D eigenvalue weighted by molar-refractivity contribution is 5.83. The number of hydrogen-bond donors (Lipinski definition) is 1. The number of ketones is 1. The Hall–Kier alpha value is -0.370. The average Bonchev–Trinajstić information content (AvgIpc) is 3.02.